The number of fused-ring (bicyclic) bond motifs is 8. The van der Waals surface area contributed by atoms with Crippen LogP contribution in [-0.4, -0.2) is 10.4 Å². The number of hydrogen-bond acceptors (Lipinski definition) is 3. The summed E-state index contributed by atoms with van der Waals surface area (Å²) in [5.41, 5.74) is 9.20. The molecule has 2 heterocycles. The fourth-order valence-corrected chi connectivity index (χ4v) is 9.32. The Hall–Kier alpha value is -7.53. The molecular weight excluding hydrogens is 717 g/mol. The fourth-order valence-electron chi connectivity index (χ4n) is 9.32. The van der Waals surface area contributed by atoms with Gasteiger partial charge in [0.2, 0.25) is 0 Å². The van der Waals surface area contributed by atoms with Crippen LogP contribution in [0.2, 0.25) is 0 Å². The second-order valence-corrected chi connectivity index (χ2v) is 15.7. The molecule has 11 aromatic rings. The number of benzene rings is 10. The van der Waals surface area contributed by atoms with Gasteiger partial charge in [0.25, 0.3) is 0 Å². The second kappa shape index (κ2) is 13.6. The molecule has 2 unspecified atom stereocenters. The highest BCUT2D eigenvalue weighted by Gasteiger charge is 2.29. The van der Waals surface area contributed by atoms with Crippen molar-refractivity contribution in [2.45, 2.75) is 12.3 Å². The predicted octanol–water partition coefficient (Wildman–Crippen LogP) is 13.4. The average Bonchev–Trinajstić information content (AvgIpc) is 3.63. The molecule has 0 amide bonds. The van der Waals surface area contributed by atoms with Gasteiger partial charge in [-0.05, 0) is 108 Å². The van der Waals surface area contributed by atoms with Gasteiger partial charge in [-0.15, -0.1) is 0 Å². The Morgan fingerprint density at radius 3 is 1.92 bits per heavy atom. The molecule has 1 aromatic heterocycles. The Kier molecular flexibility index (Phi) is 7.72. The third-order valence-electron chi connectivity index (χ3n) is 12.2. The van der Waals surface area contributed by atoms with Gasteiger partial charge >= 0.3 is 0 Å². The van der Waals surface area contributed by atoms with E-state index in [9.17, 15) is 0 Å². The fraction of sp³-hybridized carbons (Fsp3) is 0.0364. The van der Waals surface area contributed by atoms with Crippen LogP contribution in [-0.2, 0) is 0 Å². The van der Waals surface area contributed by atoms with Crippen molar-refractivity contribution < 1.29 is 0 Å². The van der Waals surface area contributed by atoms with E-state index in [-0.39, 0.29) is 12.3 Å². The molecular formula is C55H38N4. The first kappa shape index (κ1) is 33.6. The number of aromatic nitrogens is 1. The van der Waals surface area contributed by atoms with E-state index >= 15 is 0 Å². The van der Waals surface area contributed by atoms with Crippen LogP contribution in [0.25, 0.3) is 81.7 Å². The molecule has 0 spiro atoms. The molecule has 1 aliphatic heterocycles. The van der Waals surface area contributed by atoms with Gasteiger partial charge in [0.15, 0.2) is 0 Å². The summed E-state index contributed by atoms with van der Waals surface area (Å²) in [6, 6.07) is 74.8. The number of nitrogens with zero attached hydrogens (tertiary/aromatic N) is 2. The van der Waals surface area contributed by atoms with Crippen molar-refractivity contribution in [3.8, 4) is 16.8 Å². The van der Waals surface area contributed by atoms with E-state index in [1.165, 1.54) is 76.1 Å². The number of amidine groups is 1. The number of hydrogen-bond donors (Lipinski definition) is 2. The van der Waals surface area contributed by atoms with E-state index < -0.39 is 0 Å². The molecule has 278 valence electrons. The van der Waals surface area contributed by atoms with Crippen molar-refractivity contribution >= 4 is 70.7 Å². The molecule has 0 aliphatic carbocycles. The van der Waals surface area contributed by atoms with Crippen LogP contribution < -0.4 is 10.6 Å². The summed E-state index contributed by atoms with van der Waals surface area (Å²) in [6.45, 7) is 0. The Bertz CT molecular complexity index is 3470. The maximum Gasteiger partial charge on any atom is 0.131 e. The highest BCUT2D eigenvalue weighted by Crippen LogP contribution is 2.40. The lowest BCUT2D eigenvalue weighted by Crippen LogP contribution is -2.45. The minimum atomic E-state index is -0.295. The summed E-state index contributed by atoms with van der Waals surface area (Å²) in [7, 11) is 0. The molecule has 0 fully saturated rings. The van der Waals surface area contributed by atoms with Gasteiger partial charge in [-0.25, -0.2) is 4.99 Å². The van der Waals surface area contributed by atoms with Crippen LogP contribution in [0.4, 0.5) is 0 Å². The molecule has 0 bridgehead atoms. The maximum atomic E-state index is 5.46. The quantitative estimate of drug-likeness (QED) is 0.172. The zero-order chi connectivity index (χ0) is 38.9. The third-order valence-corrected chi connectivity index (χ3v) is 12.2. The van der Waals surface area contributed by atoms with E-state index in [2.05, 4.69) is 221 Å². The van der Waals surface area contributed by atoms with Gasteiger partial charge in [-0.3, -0.25) is 5.32 Å². The zero-order valence-electron chi connectivity index (χ0n) is 32.2. The number of rotatable bonds is 5. The lowest BCUT2D eigenvalue weighted by atomic mass is 9.98. The Morgan fingerprint density at radius 2 is 1.07 bits per heavy atom. The van der Waals surface area contributed by atoms with Crippen molar-refractivity contribution in [1.29, 1.82) is 0 Å². The molecule has 59 heavy (non-hydrogen) atoms. The van der Waals surface area contributed by atoms with Crippen molar-refractivity contribution in [3.05, 3.63) is 223 Å². The van der Waals surface area contributed by atoms with E-state index in [1.54, 1.807) is 0 Å². The van der Waals surface area contributed by atoms with Gasteiger partial charge in [0, 0.05) is 22.0 Å². The van der Waals surface area contributed by atoms with E-state index in [0.717, 1.165) is 28.2 Å². The summed E-state index contributed by atoms with van der Waals surface area (Å²) < 4.78 is 2.44. The van der Waals surface area contributed by atoms with Crippen LogP contribution in [0.1, 0.15) is 29.0 Å². The molecule has 2 atom stereocenters. The van der Waals surface area contributed by atoms with Gasteiger partial charge < -0.3 is 9.88 Å². The van der Waals surface area contributed by atoms with Crippen molar-refractivity contribution in [1.82, 2.24) is 15.2 Å². The molecule has 10 aromatic carbocycles. The highest BCUT2D eigenvalue weighted by molar-refractivity contribution is 6.16. The van der Waals surface area contributed by atoms with E-state index in [0.29, 0.717) is 0 Å². The number of aliphatic imine (C=N–C) groups is 1. The molecule has 4 heteroatoms. The van der Waals surface area contributed by atoms with Crippen molar-refractivity contribution in [2.24, 2.45) is 4.99 Å². The predicted molar refractivity (Wildman–Crippen MR) is 247 cm³/mol. The topological polar surface area (TPSA) is 41.4 Å². The Morgan fingerprint density at radius 1 is 0.407 bits per heavy atom. The van der Waals surface area contributed by atoms with Gasteiger partial charge in [0.1, 0.15) is 18.2 Å². The molecule has 2 N–H and O–H groups in total. The first-order valence-electron chi connectivity index (χ1n) is 20.3. The molecule has 0 saturated heterocycles. The average molecular weight is 755 g/mol. The van der Waals surface area contributed by atoms with Crippen LogP contribution in [0.3, 0.4) is 0 Å². The first-order chi connectivity index (χ1) is 29.2. The monoisotopic (exact) mass is 754 g/mol. The van der Waals surface area contributed by atoms with Crippen LogP contribution in [0.15, 0.2) is 211 Å². The molecule has 0 saturated carbocycles. The van der Waals surface area contributed by atoms with E-state index in [4.69, 9.17) is 4.99 Å². The summed E-state index contributed by atoms with van der Waals surface area (Å²) in [4.78, 5) is 5.46. The van der Waals surface area contributed by atoms with Crippen molar-refractivity contribution in [3.63, 3.8) is 0 Å². The largest absolute Gasteiger partial charge is 0.350 e. The lowest BCUT2D eigenvalue weighted by molar-refractivity contribution is 0.411. The summed E-state index contributed by atoms with van der Waals surface area (Å²) in [5, 5.41) is 20.1. The second-order valence-electron chi connectivity index (χ2n) is 15.7. The zero-order valence-corrected chi connectivity index (χ0v) is 32.2. The maximum absolute atomic E-state index is 5.46. The minimum absolute atomic E-state index is 0.257. The highest BCUT2D eigenvalue weighted by atomic mass is 15.3. The summed E-state index contributed by atoms with van der Waals surface area (Å²) >= 11 is 0. The minimum Gasteiger partial charge on any atom is -0.350 e. The Labute approximate surface area is 341 Å². The molecule has 0 radical (unpaired) electrons. The SMILES string of the molecule is c1ccc(-c2cccc(-n3c4cc5ccccc5cc4c4c(C5NC(c6ccc7ccc8ccccc8c7c6)=NC(c6ccc7ccccc7c6)N5)cccc43)c2)cc1. The molecule has 4 nitrogen and oxygen atoms in total. The van der Waals surface area contributed by atoms with E-state index in [1.807, 2.05) is 0 Å². The molecule has 12 rings (SSSR count). The molecule has 1 aliphatic rings. The van der Waals surface area contributed by atoms with Gasteiger partial charge in [0.05, 0.1) is 11.0 Å². The van der Waals surface area contributed by atoms with Crippen LogP contribution in [0.5, 0.6) is 0 Å². The standard InChI is InChI=1S/C55H38N4/c1-2-12-35(13-3-1)40-19-10-20-45(31-40)59-50-23-11-22-47(52(50)49-32-41-17-6-7-18-42(41)34-51(49)59)55-57-53(43-28-24-36-14-4-5-16-39(36)30-43)56-54(58-55)44-29-27-38-26-25-37-15-8-9-21-46(37)48(38)33-44/h1-34,53,55,57H,(H,56,58). The van der Waals surface area contributed by atoms with Crippen molar-refractivity contribution in [2.75, 3.05) is 0 Å². The summed E-state index contributed by atoms with van der Waals surface area (Å²) in [6.07, 6.45) is -0.553. The van der Waals surface area contributed by atoms with Gasteiger partial charge in [-0.1, -0.05) is 164 Å². The normalized spacial score (nSPS) is 15.6. The first-order valence-corrected chi connectivity index (χ1v) is 20.3. The third kappa shape index (κ3) is 5.68. The smallest absolute Gasteiger partial charge is 0.131 e. The Balaban J connectivity index is 1.07. The van der Waals surface area contributed by atoms with Crippen LogP contribution >= 0.6 is 0 Å². The lowest BCUT2D eigenvalue weighted by Gasteiger charge is -2.33. The number of nitrogens with one attached hydrogen (secondary N) is 2. The van der Waals surface area contributed by atoms with Crippen LogP contribution in [0, 0.1) is 0 Å². The van der Waals surface area contributed by atoms with Gasteiger partial charge in [-0.2, -0.15) is 0 Å². The summed E-state index contributed by atoms with van der Waals surface area (Å²) in [5.74, 6) is 0.864.